The number of carbonyl (C=O) groups excluding carboxylic acids is 1. The van der Waals surface area contributed by atoms with Crippen LogP contribution in [0.25, 0.3) is 0 Å². The molecule has 0 spiro atoms. The van der Waals surface area contributed by atoms with E-state index in [4.69, 9.17) is 0 Å². The number of aliphatic hydroxyl groups excluding tert-OH is 3. The lowest BCUT2D eigenvalue weighted by atomic mass is 10.0. The molecule has 0 radical (unpaired) electrons. The highest BCUT2D eigenvalue weighted by Crippen LogP contribution is 2.13. The molecule has 0 aromatic carbocycles. The quantitative estimate of drug-likeness (QED) is 0.0833. The van der Waals surface area contributed by atoms with E-state index >= 15 is 0 Å². The predicted molar refractivity (Wildman–Crippen MR) is 148 cm³/mol. The molecule has 0 bridgehead atoms. The Hall–Kier alpha value is -1.17. The average molecular weight is 496 g/mol. The standard InChI is InChI=1S/C30H57NO4/c1-3-5-7-9-11-13-14-15-17-19-21-23-25-29(34)30(35)31-27(26-32)28(33)24-22-20-18-16-12-10-8-6-4-2/h12,16,22,24,27-29,32-34H,3-11,13-15,17-21,23,25-26H2,1-2H3,(H,31,35)/b16-12+,24-22+. The minimum atomic E-state index is -1.10. The summed E-state index contributed by atoms with van der Waals surface area (Å²) in [5, 5.41) is 32.6. The fraction of sp³-hybridized carbons (Fsp3) is 0.833. The average Bonchev–Trinajstić information content (AvgIpc) is 2.86. The summed E-state index contributed by atoms with van der Waals surface area (Å²) in [4.78, 5) is 12.3. The maximum Gasteiger partial charge on any atom is 0.249 e. The van der Waals surface area contributed by atoms with E-state index in [1.807, 2.05) is 6.08 Å². The summed E-state index contributed by atoms with van der Waals surface area (Å²) < 4.78 is 0. The molecule has 1 amide bonds. The summed E-state index contributed by atoms with van der Waals surface area (Å²) in [6, 6.07) is -0.806. The summed E-state index contributed by atoms with van der Waals surface area (Å²) in [5.41, 5.74) is 0. The molecule has 0 aromatic rings. The van der Waals surface area contributed by atoms with E-state index < -0.39 is 24.2 Å². The Bertz CT molecular complexity index is 520. The van der Waals surface area contributed by atoms with Gasteiger partial charge < -0.3 is 20.6 Å². The summed E-state index contributed by atoms with van der Waals surface area (Å²) in [7, 11) is 0. The highest BCUT2D eigenvalue weighted by molar-refractivity contribution is 5.80. The Labute approximate surface area is 216 Å². The molecule has 0 rings (SSSR count). The van der Waals surface area contributed by atoms with Crippen LogP contribution >= 0.6 is 0 Å². The molecule has 3 unspecified atom stereocenters. The van der Waals surface area contributed by atoms with Crippen molar-refractivity contribution in [2.75, 3.05) is 6.61 Å². The smallest absolute Gasteiger partial charge is 0.249 e. The van der Waals surface area contributed by atoms with Gasteiger partial charge in [0.15, 0.2) is 0 Å². The molecule has 0 saturated heterocycles. The second-order valence-electron chi connectivity index (χ2n) is 9.95. The normalized spacial score (nSPS) is 14.5. The fourth-order valence-electron chi connectivity index (χ4n) is 4.14. The lowest BCUT2D eigenvalue weighted by molar-refractivity contribution is -0.131. The maximum atomic E-state index is 12.3. The lowest BCUT2D eigenvalue weighted by Crippen LogP contribution is -2.48. The zero-order valence-corrected chi connectivity index (χ0v) is 22.9. The topological polar surface area (TPSA) is 89.8 Å². The first-order chi connectivity index (χ1) is 17.1. The Morgan fingerprint density at radius 3 is 1.74 bits per heavy atom. The number of hydrogen-bond donors (Lipinski definition) is 4. The first-order valence-electron chi connectivity index (χ1n) is 14.7. The molecule has 3 atom stereocenters. The highest BCUT2D eigenvalue weighted by atomic mass is 16.3. The molecule has 5 nitrogen and oxygen atoms in total. The molecule has 206 valence electrons. The van der Waals surface area contributed by atoms with Gasteiger partial charge >= 0.3 is 0 Å². The Morgan fingerprint density at radius 1 is 0.686 bits per heavy atom. The number of carbonyl (C=O) groups is 1. The van der Waals surface area contributed by atoms with Crippen molar-refractivity contribution in [3.8, 4) is 0 Å². The first kappa shape index (κ1) is 33.8. The number of amides is 1. The number of unbranched alkanes of at least 4 members (excludes halogenated alkanes) is 15. The molecule has 0 heterocycles. The van der Waals surface area contributed by atoms with E-state index in [2.05, 4.69) is 31.3 Å². The van der Waals surface area contributed by atoms with E-state index in [1.165, 1.54) is 77.0 Å². The van der Waals surface area contributed by atoms with E-state index in [9.17, 15) is 20.1 Å². The van der Waals surface area contributed by atoms with Crippen LogP contribution in [0.4, 0.5) is 0 Å². The lowest BCUT2D eigenvalue weighted by Gasteiger charge is -2.21. The van der Waals surface area contributed by atoms with E-state index in [0.717, 1.165) is 38.5 Å². The van der Waals surface area contributed by atoms with E-state index in [1.54, 1.807) is 6.08 Å². The van der Waals surface area contributed by atoms with Crippen LogP contribution in [-0.4, -0.2) is 46.1 Å². The van der Waals surface area contributed by atoms with Crippen LogP contribution in [-0.2, 0) is 4.79 Å². The van der Waals surface area contributed by atoms with Gasteiger partial charge in [0.05, 0.1) is 18.8 Å². The number of nitrogens with one attached hydrogen (secondary N) is 1. The van der Waals surface area contributed by atoms with Crippen LogP contribution < -0.4 is 5.32 Å². The third-order valence-corrected chi connectivity index (χ3v) is 6.54. The van der Waals surface area contributed by atoms with Crippen molar-refractivity contribution < 1.29 is 20.1 Å². The van der Waals surface area contributed by atoms with Crippen LogP contribution in [0.1, 0.15) is 136 Å². The molecule has 0 aromatic heterocycles. The maximum absolute atomic E-state index is 12.3. The van der Waals surface area contributed by atoms with Crippen LogP contribution in [0.3, 0.4) is 0 Å². The SMILES string of the molecule is CCCCC/C=C/CC/C=C/C(O)C(CO)NC(=O)C(O)CCCCCCCCCCCCCC. The van der Waals surface area contributed by atoms with Crippen molar-refractivity contribution in [1.29, 1.82) is 0 Å². The first-order valence-corrected chi connectivity index (χ1v) is 14.7. The number of allylic oxidation sites excluding steroid dienone is 3. The minimum absolute atomic E-state index is 0.375. The van der Waals surface area contributed by atoms with Crippen LogP contribution in [0.2, 0.25) is 0 Å². The van der Waals surface area contributed by atoms with Crippen molar-refractivity contribution in [2.24, 2.45) is 0 Å². The summed E-state index contributed by atoms with van der Waals surface area (Å²) in [5.74, 6) is -0.519. The van der Waals surface area contributed by atoms with Crippen molar-refractivity contribution in [2.45, 2.75) is 154 Å². The second-order valence-corrected chi connectivity index (χ2v) is 9.95. The molecule has 0 fully saturated rings. The van der Waals surface area contributed by atoms with Gasteiger partial charge in [0.2, 0.25) is 5.91 Å². The van der Waals surface area contributed by atoms with Gasteiger partial charge in [0.25, 0.3) is 0 Å². The Morgan fingerprint density at radius 2 is 1.17 bits per heavy atom. The zero-order chi connectivity index (χ0) is 26.0. The fourth-order valence-corrected chi connectivity index (χ4v) is 4.14. The molecule has 0 aliphatic heterocycles. The van der Waals surface area contributed by atoms with Gasteiger partial charge in [0.1, 0.15) is 6.10 Å². The zero-order valence-electron chi connectivity index (χ0n) is 22.9. The second kappa shape index (κ2) is 25.9. The van der Waals surface area contributed by atoms with Gasteiger partial charge in [-0.05, 0) is 32.1 Å². The van der Waals surface area contributed by atoms with Gasteiger partial charge in [-0.25, -0.2) is 0 Å². The minimum Gasteiger partial charge on any atom is -0.394 e. The Balaban J connectivity index is 3.88. The molecule has 35 heavy (non-hydrogen) atoms. The molecule has 4 N–H and O–H groups in total. The monoisotopic (exact) mass is 495 g/mol. The molecular weight excluding hydrogens is 438 g/mol. The predicted octanol–water partition coefficient (Wildman–Crippen LogP) is 6.75. The van der Waals surface area contributed by atoms with Crippen molar-refractivity contribution in [1.82, 2.24) is 5.32 Å². The third kappa shape index (κ3) is 21.8. The third-order valence-electron chi connectivity index (χ3n) is 6.54. The largest absolute Gasteiger partial charge is 0.394 e. The van der Waals surface area contributed by atoms with Gasteiger partial charge in [-0.3, -0.25) is 4.79 Å². The molecule has 5 heteroatoms. The van der Waals surface area contributed by atoms with Gasteiger partial charge in [-0.2, -0.15) is 0 Å². The molecule has 0 aliphatic rings. The van der Waals surface area contributed by atoms with Crippen molar-refractivity contribution in [3.63, 3.8) is 0 Å². The van der Waals surface area contributed by atoms with Crippen LogP contribution in [0, 0.1) is 0 Å². The summed E-state index contributed by atoms with van der Waals surface area (Å²) >= 11 is 0. The molecule has 0 saturated carbocycles. The van der Waals surface area contributed by atoms with E-state index in [-0.39, 0.29) is 6.61 Å². The number of hydrogen-bond acceptors (Lipinski definition) is 4. The molecule has 0 aliphatic carbocycles. The molecular formula is C30H57NO4. The van der Waals surface area contributed by atoms with Gasteiger partial charge in [-0.15, -0.1) is 0 Å². The highest BCUT2D eigenvalue weighted by Gasteiger charge is 2.22. The van der Waals surface area contributed by atoms with Crippen LogP contribution in [0.15, 0.2) is 24.3 Å². The summed E-state index contributed by atoms with van der Waals surface area (Å²) in [6.07, 6.45) is 27.6. The Kier molecular flexibility index (Phi) is 25.0. The van der Waals surface area contributed by atoms with E-state index in [0.29, 0.717) is 6.42 Å². The number of aliphatic hydroxyl groups is 3. The van der Waals surface area contributed by atoms with Crippen LogP contribution in [0.5, 0.6) is 0 Å². The van der Waals surface area contributed by atoms with Crippen molar-refractivity contribution in [3.05, 3.63) is 24.3 Å². The number of rotatable bonds is 25. The van der Waals surface area contributed by atoms with Gasteiger partial charge in [-0.1, -0.05) is 128 Å². The summed E-state index contributed by atoms with van der Waals surface area (Å²) in [6.45, 7) is 4.07. The van der Waals surface area contributed by atoms with Crippen molar-refractivity contribution >= 4 is 5.91 Å². The van der Waals surface area contributed by atoms with Gasteiger partial charge in [0, 0.05) is 0 Å².